The van der Waals surface area contributed by atoms with Crippen LogP contribution in [0, 0.1) is 13.8 Å². The van der Waals surface area contributed by atoms with E-state index in [1.807, 2.05) is 19.1 Å². The van der Waals surface area contributed by atoms with Gasteiger partial charge < -0.3 is 13.9 Å². The van der Waals surface area contributed by atoms with E-state index >= 15 is 0 Å². The number of ether oxygens (including phenoxy) is 2. The van der Waals surface area contributed by atoms with Crippen LogP contribution in [0.5, 0.6) is 5.75 Å². The third-order valence-corrected chi connectivity index (χ3v) is 7.16. The molecule has 37 heavy (non-hydrogen) atoms. The molecular weight excluding hydrogens is 492 g/mol. The van der Waals surface area contributed by atoms with Gasteiger partial charge in [-0.2, -0.15) is 0 Å². The second-order valence-corrected chi connectivity index (χ2v) is 9.53. The fourth-order valence-corrected chi connectivity index (χ4v) is 5.39. The van der Waals surface area contributed by atoms with Crippen LogP contribution < -0.4 is 15.1 Å². The van der Waals surface area contributed by atoms with Crippen molar-refractivity contribution in [2.75, 3.05) is 18.1 Å². The molecule has 1 aliphatic heterocycles. The van der Waals surface area contributed by atoms with Gasteiger partial charge in [-0.05, 0) is 50.6 Å². The molecule has 9 heteroatoms. The van der Waals surface area contributed by atoms with Crippen molar-refractivity contribution >= 4 is 39.3 Å². The van der Waals surface area contributed by atoms with E-state index in [0.29, 0.717) is 39.5 Å². The smallest absolute Gasteiger partial charge is 0.350 e. The number of hydrogen-bond acceptors (Lipinski definition) is 8. The van der Waals surface area contributed by atoms with Crippen molar-refractivity contribution in [1.82, 2.24) is 4.98 Å². The first kappa shape index (κ1) is 24.5. The first-order chi connectivity index (χ1) is 17.8. The molecule has 0 saturated heterocycles. The Kier molecular flexibility index (Phi) is 6.39. The fraction of sp³-hybridized carbons (Fsp3) is 0.214. The highest BCUT2D eigenvalue weighted by Gasteiger charge is 2.45. The van der Waals surface area contributed by atoms with Gasteiger partial charge in [0.25, 0.3) is 5.91 Å². The summed E-state index contributed by atoms with van der Waals surface area (Å²) in [5.41, 5.74) is 2.22. The summed E-state index contributed by atoms with van der Waals surface area (Å²) in [6.45, 7) is 9.47. The zero-order valence-corrected chi connectivity index (χ0v) is 21.4. The van der Waals surface area contributed by atoms with Gasteiger partial charge in [0.05, 0.1) is 29.3 Å². The van der Waals surface area contributed by atoms with E-state index in [2.05, 4.69) is 11.6 Å². The Bertz CT molecular complexity index is 1620. The predicted octanol–water partition coefficient (Wildman–Crippen LogP) is 5.36. The molecule has 0 radical (unpaired) electrons. The second kappa shape index (κ2) is 9.67. The number of amides is 1. The second-order valence-electron chi connectivity index (χ2n) is 8.55. The molecular formula is C28H24N2O6S. The van der Waals surface area contributed by atoms with E-state index in [0.717, 1.165) is 16.9 Å². The number of rotatable bonds is 7. The maximum Gasteiger partial charge on any atom is 0.350 e. The van der Waals surface area contributed by atoms with E-state index in [-0.39, 0.29) is 28.5 Å². The maximum absolute atomic E-state index is 13.8. The molecule has 0 spiro atoms. The average Bonchev–Trinajstić information content (AvgIpc) is 3.41. The number of nitrogens with zero attached hydrogens (tertiary/aromatic N) is 2. The van der Waals surface area contributed by atoms with Crippen LogP contribution in [0.4, 0.5) is 5.13 Å². The van der Waals surface area contributed by atoms with E-state index in [4.69, 9.17) is 13.9 Å². The van der Waals surface area contributed by atoms with Crippen LogP contribution in [0.15, 0.2) is 64.3 Å². The minimum Gasteiger partial charge on any atom is -0.490 e. The first-order valence-corrected chi connectivity index (χ1v) is 12.5. The molecule has 0 N–H and O–H groups in total. The average molecular weight is 517 g/mol. The SMILES string of the molecule is C=CCOc1cccc(C2c3c(oc4ccc(C)cc4c3=O)C(=O)N2c2nc(C)c(C(=O)OCC)s2)c1. The standard InChI is InChI=1S/C28H24N2O6S/c1-5-12-35-18-9-7-8-17(14-18)22-21-23(31)19-13-15(3)10-11-20(19)36-24(21)26(32)30(22)28-29-16(4)25(37-28)27(33)34-6-2/h5,7-11,13-14,22H,1,6,12H2,2-4H3. The molecule has 2 aromatic heterocycles. The normalized spacial score (nSPS) is 14.6. The van der Waals surface area contributed by atoms with Crippen LogP contribution in [-0.4, -0.2) is 30.1 Å². The molecule has 1 aliphatic rings. The van der Waals surface area contributed by atoms with Gasteiger partial charge in [0, 0.05) is 0 Å². The van der Waals surface area contributed by atoms with Crippen LogP contribution in [0.3, 0.4) is 0 Å². The summed E-state index contributed by atoms with van der Waals surface area (Å²) < 4.78 is 16.9. The number of anilines is 1. The molecule has 1 unspecified atom stereocenters. The Morgan fingerprint density at radius 1 is 1.22 bits per heavy atom. The number of hydrogen-bond donors (Lipinski definition) is 0. The lowest BCUT2D eigenvalue weighted by Gasteiger charge is -2.23. The zero-order valence-electron chi connectivity index (χ0n) is 20.6. The van der Waals surface area contributed by atoms with Crippen LogP contribution in [0.2, 0.25) is 0 Å². The van der Waals surface area contributed by atoms with Crippen molar-refractivity contribution in [3.05, 3.63) is 98.4 Å². The zero-order chi connectivity index (χ0) is 26.3. The Labute approximate surface area is 216 Å². The number of aromatic nitrogens is 1. The van der Waals surface area contributed by atoms with Gasteiger partial charge in [-0.25, -0.2) is 9.78 Å². The molecule has 188 valence electrons. The number of benzene rings is 2. The monoisotopic (exact) mass is 516 g/mol. The number of esters is 1. The lowest BCUT2D eigenvalue weighted by atomic mass is 9.98. The van der Waals surface area contributed by atoms with Gasteiger partial charge in [0.1, 0.15) is 22.8 Å². The van der Waals surface area contributed by atoms with Gasteiger partial charge in [0.2, 0.25) is 5.76 Å². The predicted molar refractivity (Wildman–Crippen MR) is 141 cm³/mol. The molecule has 1 atom stereocenters. The Hall–Kier alpha value is -4.24. The highest BCUT2D eigenvalue weighted by atomic mass is 32.1. The number of aryl methyl sites for hydroxylation is 2. The highest BCUT2D eigenvalue weighted by Crippen LogP contribution is 2.43. The third-order valence-electron chi connectivity index (χ3n) is 6.02. The lowest BCUT2D eigenvalue weighted by Crippen LogP contribution is -2.29. The topological polar surface area (TPSA) is 98.9 Å². The van der Waals surface area contributed by atoms with Crippen molar-refractivity contribution in [2.24, 2.45) is 0 Å². The van der Waals surface area contributed by atoms with Crippen molar-refractivity contribution in [3.8, 4) is 5.75 Å². The lowest BCUT2D eigenvalue weighted by molar-refractivity contribution is 0.0531. The van der Waals surface area contributed by atoms with Crippen molar-refractivity contribution in [3.63, 3.8) is 0 Å². The largest absolute Gasteiger partial charge is 0.490 e. The number of fused-ring (bicyclic) bond motifs is 2. The molecule has 1 amide bonds. The van der Waals surface area contributed by atoms with Crippen molar-refractivity contribution in [1.29, 1.82) is 0 Å². The molecule has 0 bridgehead atoms. The van der Waals surface area contributed by atoms with Crippen LogP contribution >= 0.6 is 11.3 Å². The van der Waals surface area contributed by atoms with Gasteiger partial charge in [-0.1, -0.05) is 47.8 Å². The summed E-state index contributed by atoms with van der Waals surface area (Å²) in [6.07, 6.45) is 1.63. The minimum atomic E-state index is -0.837. The Morgan fingerprint density at radius 2 is 2.03 bits per heavy atom. The summed E-state index contributed by atoms with van der Waals surface area (Å²) in [4.78, 5) is 46.4. The fourth-order valence-electron chi connectivity index (χ4n) is 4.40. The summed E-state index contributed by atoms with van der Waals surface area (Å²) in [5.74, 6) is -0.517. The first-order valence-electron chi connectivity index (χ1n) is 11.7. The molecule has 2 aromatic carbocycles. The van der Waals surface area contributed by atoms with Crippen LogP contribution in [0.1, 0.15) is 55.6 Å². The Morgan fingerprint density at radius 3 is 2.78 bits per heavy atom. The molecule has 0 saturated carbocycles. The number of carbonyl (C=O) groups excluding carboxylic acids is 2. The maximum atomic E-state index is 13.8. The highest BCUT2D eigenvalue weighted by molar-refractivity contribution is 7.17. The van der Waals surface area contributed by atoms with Gasteiger partial charge in [-0.15, -0.1) is 0 Å². The molecule has 5 rings (SSSR count). The Balaban J connectivity index is 1.73. The minimum absolute atomic E-state index is 0.0469. The van der Waals surface area contributed by atoms with Gasteiger partial charge in [-0.3, -0.25) is 14.5 Å². The van der Waals surface area contributed by atoms with E-state index in [9.17, 15) is 14.4 Å². The number of carbonyl (C=O) groups is 2. The molecule has 3 heterocycles. The molecule has 0 aliphatic carbocycles. The van der Waals surface area contributed by atoms with Gasteiger partial charge >= 0.3 is 5.97 Å². The number of thiazole rings is 1. The van der Waals surface area contributed by atoms with Gasteiger partial charge in [0.15, 0.2) is 10.6 Å². The van der Waals surface area contributed by atoms with Crippen LogP contribution in [0.25, 0.3) is 11.0 Å². The summed E-state index contributed by atoms with van der Waals surface area (Å²) in [5, 5.41) is 0.652. The van der Waals surface area contributed by atoms with E-state index in [1.54, 1.807) is 50.3 Å². The van der Waals surface area contributed by atoms with E-state index < -0.39 is 17.9 Å². The molecule has 8 nitrogen and oxygen atoms in total. The van der Waals surface area contributed by atoms with E-state index in [1.165, 1.54) is 4.90 Å². The van der Waals surface area contributed by atoms with Crippen molar-refractivity contribution in [2.45, 2.75) is 26.8 Å². The summed E-state index contributed by atoms with van der Waals surface area (Å²) in [7, 11) is 0. The molecule has 0 fully saturated rings. The van der Waals surface area contributed by atoms with Crippen LogP contribution in [-0.2, 0) is 4.74 Å². The molecule has 4 aromatic rings. The summed E-state index contributed by atoms with van der Waals surface area (Å²) >= 11 is 1.04. The van der Waals surface area contributed by atoms with Crippen molar-refractivity contribution < 1.29 is 23.5 Å². The third kappa shape index (κ3) is 4.21. The summed E-state index contributed by atoms with van der Waals surface area (Å²) in [6, 6.07) is 11.6. The quantitative estimate of drug-likeness (QED) is 0.241.